The predicted octanol–water partition coefficient (Wildman–Crippen LogP) is 2.03. The zero-order valence-corrected chi connectivity index (χ0v) is 11.3. The third-order valence-electron chi connectivity index (χ3n) is 2.79. The van der Waals surface area contributed by atoms with Gasteiger partial charge in [0.05, 0.1) is 0 Å². The lowest BCUT2D eigenvalue weighted by Crippen LogP contribution is -2.19. The van der Waals surface area contributed by atoms with Crippen molar-refractivity contribution in [3.8, 4) is 0 Å². The summed E-state index contributed by atoms with van der Waals surface area (Å²) in [5.74, 6) is 0.909. The van der Waals surface area contributed by atoms with Gasteiger partial charge in [-0.25, -0.2) is 9.97 Å². The van der Waals surface area contributed by atoms with Crippen molar-refractivity contribution in [2.75, 3.05) is 20.3 Å². The molecule has 0 aliphatic carbocycles. The van der Waals surface area contributed by atoms with E-state index in [0.29, 0.717) is 6.04 Å². The number of rotatable bonds is 7. The van der Waals surface area contributed by atoms with Gasteiger partial charge in [-0.2, -0.15) is 0 Å². The van der Waals surface area contributed by atoms with E-state index in [-0.39, 0.29) is 0 Å². The third kappa shape index (κ3) is 4.40. The molecular weight excluding hydrogens is 214 g/mol. The maximum atomic E-state index is 5.02. The van der Waals surface area contributed by atoms with Crippen LogP contribution in [0.1, 0.15) is 43.4 Å². The second-order valence-electron chi connectivity index (χ2n) is 4.20. The topological polar surface area (TPSA) is 47.0 Å². The smallest absolute Gasteiger partial charge is 0.128 e. The summed E-state index contributed by atoms with van der Waals surface area (Å²) >= 11 is 0. The minimum Gasteiger partial charge on any atom is -0.385 e. The molecule has 1 atom stereocenters. The van der Waals surface area contributed by atoms with Crippen molar-refractivity contribution in [1.82, 2.24) is 15.3 Å². The predicted molar refractivity (Wildman–Crippen MR) is 69.1 cm³/mol. The standard InChI is InChI=1S/C13H23N3O/c1-5-14-10(2)12-9-15-13(16-11(12)3)7-6-8-17-4/h9-10,14H,5-8H2,1-4H3. The first-order valence-corrected chi connectivity index (χ1v) is 6.23. The van der Waals surface area contributed by atoms with E-state index in [2.05, 4.69) is 29.1 Å². The van der Waals surface area contributed by atoms with Gasteiger partial charge >= 0.3 is 0 Å². The molecular formula is C13H23N3O. The van der Waals surface area contributed by atoms with Crippen LogP contribution in [0, 0.1) is 6.92 Å². The lowest BCUT2D eigenvalue weighted by atomic mass is 10.1. The van der Waals surface area contributed by atoms with Crippen molar-refractivity contribution < 1.29 is 4.74 Å². The minimum atomic E-state index is 0.313. The van der Waals surface area contributed by atoms with Crippen LogP contribution in [0.15, 0.2) is 6.20 Å². The van der Waals surface area contributed by atoms with E-state index in [1.54, 1.807) is 7.11 Å². The average Bonchev–Trinajstić information content (AvgIpc) is 2.29. The number of hydrogen-bond acceptors (Lipinski definition) is 4. The van der Waals surface area contributed by atoms with Crippen LogP contribution in [0.25, 0.3) is 0 Å². The van der Waals surface area contributed by atoms with Crippen LogP contribution in [0.3, 0.4) is 0 Å². The number of nitrogens with zero attached hydrogens (tertiary/aromatic N) is 2. The fourth-order valence-corrected chi connectivity index (χ4v) is 1.86. The van der Waals surface area contributed by atoms with Gasteiger partial charge in [0.2, 0.25) is 0 Å². The number of aryl methyl sites for hydroxylation is 2. The summed E-state index contributed by atoms with van der Waals surface area (Å²) < 4.78 is 5.02. The number of methoxy groups -OCH3 is 1. The molecule has 0 amide bonds. The maximum Gasteiger partial charge on any atom is 0.128 e. The van der Waals surface area contributed by atoms with Crippen LogP contribution >= 0.6 is 0 Å². The largest absolute Gasteiger partial charge is 0.385 e. The van der Waals surface area contributed by atoms with Gasteiger partial charge in [0.1, 0.15) is 5.82 Å². The molecule has 0 aromatic carbocycles. The highest BCUT2D eigenvalue weighted by Crippen LogP contribution is 2.14. The van der Waals surface area contributed by atoms with Crippen molar-refractivity contribution in [2.24, 2.45) is 0 Å². The second-order valence-corrected chi connectivity index (χ2v) is 4.20. The maximum absolute atomic E-state index is 5.02. The molecule has 0 aliphatic heterocycles. The van der Waals surface area contributed by atoms with Gasteiger partial charge in [-0.15, -0.1) is 0 Å². The first kappa shape index (κ1) is 14.1. The second kappa shape index (κ2) is 7.35. The van der Waals surface area contributed by atoms with Crippen LogP contribution in [0.5, 0.6) is 0 Å². The molecule has 1 aromatic heterocycles. The Balaban J connectivity index is 2.65. The molecule has 0 spiro atoms. The first-order valence-electron chi connectivity index (χ1n) is 6.23. The monoisotopic (exact) mass is 237 g/mol. The normalized spacial score (nSPS) is 12.7. The molecule has 0 saturated heterocycles. The average molecular weight is 237 g/mol. The summed E-state index contributed by atoms with van der Waals surface area (Å²) in [6.45, 7) is 8.00. The Labute approximate surface area is 104 Å². The number of ether oxygens (including phenoxy) is 1. The minimum absolute atomic E-state index is 0.313. The SMILES string of the molecule is CCNC(C)c1cnc(CCCOC)nc1C. The molecule has 96 valence electrons. The van der Waals surface area contributed by atoms with Crippen LogP contribution in [0.2, 0.25) is 0 Å². The Kier molecular flexibility index (Phi) is 6.08. The Morgan fingerprint density at radius 1 is 1.47 bits per heavy atom. The van der Waals surface area contributed by atoms with Crippen LogP contribution in [0.4, 0.5) is 0 Å². The van der Waals surface area contributed by atoms with Crippen molar-refractivity contribution in [1.29, 1.82) is 0 Å². The molecule has 0 fully saturated rings. The van der Waals surface area contributed by atoms with Gasteiger partial charge in [-0.05, 0) is 26.8 Å². The molecule has 0 aliphatic rings. The van der Waals surface area contributed by atoms with Crippen LogP contribution < -0.4 is 5.32 Å². The van der Waals surface area contributed by atoms with Gasteiger partial charge in [0.15, 0.2) is 0 Å². The highest BCUT2D eigenvalue weighted by atomic mass is 16.5. The van der Waals surface area contributed by atoms with E-state index in [1.165, 1.54) is 5.56 Å². The van der Waals surface area contributed by atoms with Gasteiger partial charge in [0.25, 0.3) is 0 Å². The molecule has 1 heterocycles. The summed E-state index contributed by atoms with van der Waals surface area (Å²) in [6, 6.07) is 0.313. The van der Waals surface area contributed by atoms with Gasteiger partial charge < -0.3 is 10.1 Å². The van der Waals surface area contributed by atoms with Gasteiger partial charge in [-0.1, -0.05) is 6.92 Å². The molecule has 0 saturated carbocycles. The lowest BCUT2D eigenvalue weighted by Gasteiger charge is -2.14. The van der Waals surface area contributed by atoms with E-state index < -0.39 is 0 Å². The molecule has 1 rings (SSSR count). The summed E-state index contributed by atoms with van der Waals surface area (Å²) in [4.78, 5) is 8.95. The van der Waals surface area contributed by atoms with Crippen LogP contribution in [-0.4, -0.2) is 30.2 Å². The molecule has 0 radical (unpaired) electrons. The summed E-state index contributed by atoms with van der Waals surface area (Å²) in [5.41, 5.74) is 2.25. The van der Waals surface area contributed by atoms with Crippen molar-refractivity contribution in [2.45, 2.75) is 39.7 Å². The molecule has 1 N–H and O–H groups in total. The zero-order valence-electron chi connectivity index (χ0n) is 11.3. The summed E-state index contributed by atoms with van der Waals surface area (Å²) in [6.07, 6.45) is 3.79. The Morgan fingerprint density at radius 3 is 2.82 bits per heavy atom. The number of hydrogen-bond donors (Lipinski definition) is 1. The number of nitrogens with one attached hydrogen (secondary N) is 1. The van der Waals surface area contributed by atoms with Gasteiger partial charge in [0, 0.05) is 43.6 Å². The highest BCUT2D eigenvalue weighted by Gasteiger charge is 2.09. The number of aromatic nitrogens is 2. The molecule has 4 heteroatoms. The quantitative estimate of drug-likeness (QED) is 0.737. The Bertz CT molecular complexity index is 341. The molecule has 1 unspecified atom stereocenters. The van der Waals surface area contributed by atoms with Crippen molar-refractivity contribution in [3.63, 3.8) is 0 Å². The van der Waals surface area contributed by atoms with Gasteiger partial charge in [-0.3, -0.25) is 0 Å². The van der Waals surface area contributed by atoms with Crippen molar-refractivity contribution in [3.05, 3.63) is 23.3 Å². The van der Waals surface area contributed by atoms with Crippen molar-refractivity contribution >= 4 is 0 Å². The fourth-order valence-electron chi connectivity index (χ4n) is 1.86. The zero-order chi connectivity index (χ0) is 12.7. The third-order valence-corrected chi connectivity index (χ3v) is 2.79. The van der Waals surface area contributed by atoms with E-state index in [4.69, 9.17) is 4.74 Å². The van der Waals surface area contributed by atoms with E-state index >= 15 is 0 Å². The van der Waals surface area contributed by atoms with E-state index in [0.717, 1.165) is 37.5 Å². The van der Waals surface area contributed by atoms with E-state index in [1.807, 2.05) is 13.1 Å². The fraction of sp³-hybridized carbons (Fsp3) is 0.692. The summed E-state index contributed by atoms with van der Waals surface area (Å²) in [7, 11) is 1.72. The van der Waals surface area contributed by atoms with Crippen LogP contribution in [-0.2, 0) is 11.2 Å². The van der Waals surface area contributed by atoms with E-state index in [9.17, 15) is 0 Å². The first-order chi connectivity index (χ1) is 8.19. The molecule has 0 bridgehead atoms. The Morgan fingerprint density at radius 2 is 2.24 bits per heavy atom. The highest BCUT2D eigenvalue weighted by molar-refractivity contribution is 5.19. The molecule has 4 nitrogen and oxygen atoms in total. The summed E-state index contributed by atoms with van der Waals surface area (Å²) in [5, 5.41) is 3.37. The molecule has 1 aromatic rings. The molecule has 17 heavy (non-hydrogen) atoms. The lowest BCUT2D eigenvalue weighted by molar-refractivity contribution is 0.194. The Hall–Kier alpha value is -1.00.